The highest BCUT2D eigenvalue weighted by molar-refractivity contribution is 7.98. The monoisotopic (exact) mass is 303 g/mol. The molecule has 1 atom stereocenters. The molecule has 1 rings (SSSR count). The number of hydrogen-bond donors (Lipinski definition) is 2. The maximum absolute atomic E-state index is 12.1. The molecule has 0 bridgehead atoms. The lowest BCUT2D eigenvalue weighted by molar-refractivity contribution is -0.139. The van der Waals surface area contributed by atoms with Crippen LogP contribution in [-0.4, -0.2) is 77.7 Å². The van der Waals surface area contributed by atoms with Crippen LogP contribution in [0.1, 0.15) is 19.8 Å². The summed E-state index contributed by atoms with van der Waals surface area (Å²) >= 11 is 1.58. The molecule has 116 valence electrons. The Hall–Kier alpha value is -0.950. The van der Waals surface area contributed by atoms with Crippen molar-refractivity contribution < 1.29 is 14.7 Å². The van der Waals surface area contributed by atoms with Gasteiger partial charge in [-0.1, -0.05) is 6.92 Å². The summed E-state index contributed by atoms with van der Waals surface area (Å²) in [5.41, 5.74) is 0. The lowest BCUT2D eigenvalue weighted by Gasteiger charge is -2.35. The molecule has 1 aliphatic rings. The Balaban J connectivity index is 2.39. The molecule has 0 saturated carbocycles. The van der Waals surface area contributed by atoms with Gasteiger partial charge in [-0.15, -0.1) is 0 Å². The number of urea groups is 1. The van der Waals surface area contributed by atoms with Crippen molar-refractivity contribution in [1.82, 2.24) is 15.1 Å². The van der Waals surface area contributed by atoms with Gasteiger partial charge in [0.25, 0.3) is 0 Å². The number of aliphatic carboxylic acids is 1. The highest BCUT2D eigenvalue weighted by Crippen LogP contribution is 2.05. The quantitative estimate of drug-likeness (QED) is 0.732. The minimum Gasteiger partial charge on any atom is -0.480 e. The highest BCUT2D eigenvalue weighted by atomic mass is 32.2. The molecule has 6 nitrogen and oxygen atoms in total. The van der Waals surface area contributed by atoms with Gasteiger partial charge in [0.2, 0.25) is 0 Å². The summed E-state index contributed by atoms with van der Waals surface area (Å²) in [7, 11) is 0. The second-order valence-electron chi connectivity index (χ2n) is 4.95. The molecule has 2 amide bonds. The van der Waals surface area contributed by atoms with Gasteiger partial charge in [0.05, 0.1) is 0 Å². The molecule has 1 fully saturated rings. The van der Waals surface area contributed by atoms with Crippen molar-refractivity contribution >= 4 is 23.8 Å². The predicted molar refractivity (Wildman–Crippen MR) is 81.3 cm³/mol. The Labute approximate surface area is 124 Å². The van der Waals surface area contributed by atoms with Gasteiger partial charge in [0, 0.05) is 26.2 Å². The van der Waals surface area contributed by atoms with Crippen molar-refractivity contribution in [3.63, 3.8) is 0 Å². The maximum Gasteiger partial charge on any atom is 0.326 e. The van der Waals surface area contributed by atoms with E-state index in [1.165, 1.54) is 0 Å². The third-order valence-corrected chi connectivity index (χ3v) is 4.05. The average molecular weight is 303 g/mol. The van der Waals surface area contributed by atoms with Gasteiger partial charge in [0.15, 0.2) is 0 Å². The molecule has 0 aromatic carbocycles. The summed E-state index contributed by atoms with van der Waals surface area (Å²) in [6, 6.07) is -1.04. The molecular formula is C13H25N3O3S. The third-order valence-electron chi connectivity index (χ3n) is 3.41. The fraction of sp³-hybridized carbons (Fsp3) is 0.846. The molecule has 2 N–H and O–H groups in total. The van der Waals surface area contributed by atoms with Crippen LogP contribution in [0.5, 0.6) is 0 Å². The normalized spacial score (nSPS) is 17.8. The fourth-order valence-electron chi connectivity index (χ4n) is 2.22. The zero-order chi connectivity index (χ0) is 15.0. The summed E-state index contributed by atoms with van der Waals surface area (Å²) in [5, 5.41) is 11.7. The number of nitrogens with zero attached hydrogens (tertiary/aromatic N) is 2. The molecule has 0 aromatic rings. The number of carbonyl (C=O) groups excluding carboxylic acids is 1. The van der Waals surface area contributed by atoms with Crippen molar-refractivity contribution in [2.75, 3.05) is 44.7 Å². The molecule has 20 heavy (non-hydrogen) atoms. The van der Waals surface area contributed by atoms with Crippen LogP contribution in [0.25, 0.3) is 0 Å². The number of piperazine rings is 1. The second kappa shape index (κ2) is 9.07. The predicted octanol–water partition coefficient (Wildman–Crippen LogP) is 0.930. The Bertz CT molecular complexity index is 320. The number of rotatable bonds is 7. The Morgan fingerprint density at radius 1 is 1.30 bits per heavy atom. The summed E-state index contributed by atoms with van der Waals surface area (Å²) < 4.78 is 0. The van der Waals surface area contributed by atoms with Crippen LogP contribution in [-0.2, 0) is 4.79 Å². The van der Waals surface area contributed by atoms with Gasteiger partial charge in [-0.3, -0.25) is 4.90 Å². The minimum atomic E-state index is -0.961. The smallest absolute Gasteiger partial charge is 0.326 e. The van der Waals surface area contributed by atoms with Gasteiger partial charge >= 0.3 is 12.0 Å². The SMILES string of the molecule is CCCN1CCN(C(=O)N[C@H](CCSC)C(=O)O)CC1. The van der Waals surface area contributed by atoms with E-state index < -0.39 is 12.0 Å². The Morgan fingerprint density at radius 2 is 1.95 bits per heavy atom. The molecular weight excluding hydrogens is 278 g/mol. The number of thioether (sulfide) groups is 1. The summed E-state index contributed by atoms with van der Waals surface area (Å²) in [5.74, 6) is -0.237. The number of amides is 2. The average Bonchev–Trinajstić information content (AvgIpc) is 2.44. The number of carboxylic acid groups (broad SMARTS) is 1. The summed E-state index contributed by atoms with van der Waals surface area (Å²) in [4.78, 5) is 27.2. The van der Waals surface area contributed by atoms with Crippen LogP contribution in [0.4, 0.5) is 4.79 Å². The Morgan fingerprint density at radius 3 is 2.45 bits per heavy atom. The van der Waals surface area contributed by atoms with Crippen molar-refractivity contribution in [1.29, 1.82) is 0 Å². The van der Waals surface area contributed by atoms with E-state index in [1.807, 2.05) is 6.26 Å². The summed E-state index contributed by atoms with van der Waals surface area (Å²) in [6.07, 6.45) is 3.49. The van der Waals surface area contributed by atoms with Crippen LogP contribution in [0.3, 0.4) is 0 Å². The zero-order valence-electron chi connectivity index (χ0n) is 12.3. The van der Waals surface area contributed by atoms with Crippen LogP contribution in [0.2, 0.25) is 0 Å². The van der Waals surface area contributed by atoms with E-state index in [0.29, 0.717) is 19.5 Å². The molecule has 1 aliphatic heterocycles. The van der Waals surface area contributed by atoms with Crippen molar-refractivity contribution in [2.24, 2.45) is 0 Å². The van der Waals surface area contributed by atoms with E-state index in [-0.39, 0.29) is 6.03 Å². The fourth-order valence-corrected chi connectivity index (χ4v) is 2.70. The molecule has 0 aromatic heterocycles. The van der Waals surface area contributed by atoms with E-state index >= 15 is 0 Å². The molecule has 0 radical (unpaired) electrons. The minimum absolute atomic E-state index is 0.255. The van der Waals surface area contributed by atoms with Crippen molar-refractivity contribution in [3.05, 3.63) is 0 Å². The van der Waals surface area contributed by atoms with Crippen LogP contribution < -0.4 is 5.32 Å². The lowest BCUT2D eigenvalue weighted by Crippen LogP contribution is -2.54. The number of carbonyl (C=O) groups is 2. The lowest BCUT2D eigenvalue weighted by atomic mass is 10.2. The molecule has 0 unspecified atom stereocenters. The first-order valence-electron chi connectivity index (χ1n) is 7.08. The first-order chi connectivity index (χ1) is 9.58. The first kappa shape index (κ1) is 17.1. The highest BCUT2D eigenvalue weighted by Gasteiger charge is 2.25. The van der Waals surface area contributed by atoms with Gasteiger partial charge < -0.3 is 15.3 Å². The molecule has 7 heteroatoms. The van der Waals surface area contributed by atoms with E-state index in [9.17, 15) is 9.59 Å². The van der Waals surface area contributed by atoms with Gasteiger partial charge in [-0.2, -0.15) is 11.8 Å². The number of hydrogen-bond acceptors (Lipinski definition) is 4. The Kier molecular flexibility index (Phi) is 7.76. The first-order valence-corrected chi connectivity index (χ1v) is 8.47. The second-order valence-corrected chi connectivity index (χ2v) is 5.94. The number of nitrogens with one attached hydrogen (secondary N) is 1. The van der Waals surface area contributed by atoms with E-state index in [4.69, 9.17) is 5.11 Å². The number of carboxylic acids is 1. The zero-order valence-corrected chi connectivity index (χ0v) is 13.1. The van der Waals surface area contributed by atoms with Crippen molar-refractivity contribution in [2.45, 2.75) is 25.8 Å². The maximum atomic E-state index is 12.1. The molecule has 1 saturated heterocycles. The van der Waals surface area contributed by atoms with E-state index in [0.717, 1.165) is 31.8 Å². The standard InChI is InChI=1S/C13H25N3O3S/c1-3-5-15-6-8-16(9-7-15)13(19)14-11(12(17)18)4-10-20-2/h11H,3-10H2,1-2H3,(H,14,19)(H,17,18)/t11-/m1/s1. The largest absolute Gasteiger partial charge is 0.480 e. The molecule has 0 aliphatic carbocycles. The van der Waals surface area contributed by atoms with E-state index in [2.05, 4.69) is 17.1 Å². The van der Waals surface area contributed by atoms with Gasteiger partial charge in [-0.25, -0.2) is 9.59 Å². The molecule has 1 heterocycles. The van der Waals surface area contributed by atoms with E-state index in [1.54, 1.807) is 16.7 Å². The van der Waals surface area contributed by atoms with Crippen molar-refractivity contribution in [3.8, 4) is 0 Å². The van der Waals surface area contributed by atoms with Crippen LogP contribution in [0.15, 0.2) is 0 Å². The van der Waals surface area contributed by atoms with Gasteiger partial charge in [-0.05, 0) is 31.4 Å². The van der Waals surface area contributed by atoms with Crippen LogP contribution in [0, 0.1) is 0 Å². The van der Waals surface area contributed by atoms with Gasteiger partial charge in [0.1, 0.15) is 6.04 Å². The summed E-state index contributed by atoms with van der Waals surface area (Å²) in [6.45, 7) is 6.26. The molecule has 0 spiro atoms. The third kappa shape index (κ3) is 5.58. The topological polar surface area (TPSA) is 72.9 Å². The van der Waals surface area contributed by atoms with Crippen LogP contribution >= 0.6 is 11.8 Å².